The standard InChI is InChI=1S/C13H18O2/c1-2-13(9-14)8-7-10-5-3-4-6-11(10)12(13)15/h3-6,12,14-15H,2,7-9H2,1H3/t12-,13+/m0/s1. The van der Waals surface area contributed by atoms with Gasteiger partial charge in [-0.05, 0) is 30.4 Å². The van der Waals surface area contributed by atoms with E-state index in [2.05, 4.69) is 6.07 Å². The quantitative estimate of drug-likeness (QED) is 0.777. The van der Waals surface area contributed by atoms with Crippen molar-refractivity contribution in [1.82, 2.24) is 0 Å². The highest BCUT2D eigenvalue weighted by Gasteiger charge is 2.40. The lowest BCUT2D eigenvalue weighted by atomic mass is 9.68. The fraction of sp³-hybridized carbons (Fsp3) is 0.538. The van der Waals surface area contributed by atoms with Gasteiger partial charge >= 0.3 is 0 Å². The predicted octanol–water partition coefficient (Wildman–Crippen LogP) is 2.05. The first-order valence-electron chi connectivity index (χ1n) is 5.60. The molecule has 2 rings (SSSR count). The van der Waals surface area contributed by atoms with E-state index in [1.165, 1.54) is 5.56 Å². The minimum atomic E-state index is -0.516. The van der Waals surface area contributed by atoms with E-state index >= 15 is 0 Å². The molecule has 15 heavy (non-hydrogen) atoms. The van der Waals surface area contributed by atoms with Crippen molar-refractivity contribution in [3.05, 3.63) is 35.4 Å². The molecule has 0 saturated heterocycles. The second-order valence-electron chi connectivity index (χ2n) is 4.48. The Morgan fingerprint density at radius 2 is 2.13 bits per heavy atom. The number of fused-ring (bicyclic) bond motifs is 1. The fourth-order valence-corrected chi connectivity index (χ4v) is 2.53. The summed E-state index contributed by atoms with van der Waals surface area (Å²) in [5, 5.41) is 19.8. The number of aliphatic hydroxyl groups excluding tert-OH is 2. The van der Waals surface area contributed by atoms with E-state index in [1.54, 1.807) is 0 Å². The highest BCUT2D eigenvalue weighted by Crippen LogP contribution is 2.45. The fourth-order valence-electron chi connectivity index (χ4n) is 2.53. The van der Waals surface area contributed by atoms with Gasteiger partial charge in [-0.3, -0.25) is 0 Å². The van der Waals surface area contributed by atoms with Crippen LogP contribution < -0.4 is 0 Å². The summed E-state index contributed by atoms with van der Waals surface area (Å²) in [5.74, 6) is 0. The molecule has 0 bridgehead atoms. The number of hydrogen-bond acceptors (Lipinski definition) is 2. The van der Waals surface area contributed by atoms with Crippen LogP contribution in [0.25, 0.3) is 0 Å². The van der Waals surface area contributed by atoms with Crippen molar-refractivity contribution in [1.29, 1.82) is 0 Å². The third kappa shape index (κ3) is 1.58. The molecule has 2 N–H and O–H groups in total. The second kappa shape index (κ2) is 3.95. The summed E-state index contributed by atoms with van der Waals surface area (Å²) in [6.45, 7) is 2.10. The first-order chi connectivity index (χ1) is 7.23. The van der Waals surface area contributed by atoms with Crippen LogP contribution in [-0.2, 0) is 6.42 Å². The number of benzene rings is 1. The number of aliphatic hydroxyl groups is 2. The average molecular weight is 206 g/mol. The molecule has 0 unspecified atom stereocenters. The topological polar surface area (TPSA) is 40.5 Å². The molecule has 2 atom stereocenters. The third-order valence-corrected chi connectivity index (χ3v) is 3.84. The van der Waals surface area contributed by atoms with Gasteiger partial charge in [0.05, 0.1) is 12.7 Å². The molecule has 0 aromatic heterocycles. The van der Waals surface area contributed by atoms with Gasteiger partial charge in [0, 0.05) is 5.41 Å². The predicted molar refractivity (Wildman–Crippen MR) is 59.5 cm³/mol. The largest absolute Gasteiger partial charge is 0.396 e. The Morgan fingerprint density at radius 1 is 1.40 bits per heavy atom. The molecule has 2 heteroatoms. The van der Waals surface area contributed by atoms with Gasteiger partial charge < -0.3 is 10.2 Å². The molecule has 1 aliphatic rings. The summed E-state index contributed by atoms with van der Waals surface area (Å²) in [4.78, 5) is 0. The molecule has 0 spiro atoms. The van der Waals surface area contributed by atoms with Crippen LogP contribution in [0.3, 0.4) is 0 Å². The zero-order valence-corrected chi connectivity index (χ0v) is 9.11. The van der Waals surface area contributed by atoms with Crippen LogP contribution in [0.4, 0.5) is 0 Å². The number of aryl methyl sites for hydroxylation is 1. The van der Waals surface area contributed by atoms with Crippen molar-refractivity contribution in [2.45, 2.75) is 32.3 Å². The summed E-state index contributed by atoms with van der Waals surface area (Å²) in [5.41, 5.74) is 1.90. The van der Waals surface area contributed by atoms with E-state index in [9.17, 15) is 10.2 Å². The minimum Gasteiger partial charge on any atom is -0.396 e. The average Bonchev–Trinajstić information content (AvgIpc) is 2.31. The van der Waals surface area contributed by atoms with E-state index in [1.807, 2.05) is 25.1 Å². The summed E-state index contributed by atoms with van der Waals surface area (Å²) in [6, 6.07) is 7.99. The van der Waals surface area contributed by atoms with E-state index in [-0.39, 0.29) is 12.0 Å². The molecule has 1 aliphatic carbocycles. The van der Waals surface area contributed by atoms with Gasteiger partial charge in [0.15, 0.2) is 0 Å². The monoisotopic (exact) mass is 206 g/mol. The van der Waals surface area contributed by atoms with Gasteiger partial charge in [-0.2, -0.15) is 0 Å². The Balaban J connectivity index is 2.40. The van der Waals surface area contributed by atoms with E-state index in [0.717, 1.165) is 24.8 Å². The molecule has 2 nitrogen and oxygen atoms in total. The maximum absolute atomic E-state index is 10.3. The van der Waals surface area contributed by atoms with Gasteiger partial charge in [-0.15, -0.1) is 0 Å². The van der Waals surface area contributed by atoms with Crippen molar-refractivity contribution in [2.24, 2.45) is 5.41 Å². The Kier molecular flexibility index (Phi) is 2.81. The smallest absolute Gasteiger partial charge is 0.0870 e. The van der Waals surface area contributed by atoms with Gasteiger partial charge in [0.2, 0.25) is 0 Å². The Labute approximate surface area is 90.6 Å². The molecule has 0 heterocycles. The highest BCUT2D eigenvalue weighted by molar-refractivity contribution is 5.33. The second-order valence-corrected chi connectivity index (χ2v) is 4.48. The molecule has 0 radical (unpaired) electrons. The SMILES string of the molecule is CC[C@]1(CO)CCc2ccccc2[C@@H]1O. The van der Waals surface area contributed by atoms with Crippen LogP contribution in [0.15, 0.2) is 24.3 Å². The minimum absolute atomic E-state index is 0.0685. The summed E-state index contributed by atoms with van der Waals surface area (Å²) >= 11 is 0. The first-order valence-corrected chi connectivity index (χ1v) is 5.60. The van der Waals surface area contributed by atoms with Gasteiger partial charge in [0.1, 0.15) is 0 Å². The first kappa shape index (κ1) is 10.7. The van der Waals surface area contributed by atoms with E-state index in [0.29, 0.717) is 0 Å². The summed E-state index contributed by atoms with van der Waals surface area (Å²) in [7, 11) is 0. The maximum Gasteiger partial charge on any atom is 0.0870 e. The molecule has 0 fully saturated rings. The molecule has 1 aromatic carbocycles. The van der Waals surface area contributed by atoms with Crippen molar-refractivity contribution in [3.8, 4) is 0 Å². The Bertz CT molecular complexity index is 342. The molecule has 0 amide bonds. The number of hydrogen-bond donors (Lipinski definition) is 2. The summed E-state index contributed by atoms with van der Waals surface area (Å²) < 4.78 is 0. The van der Waals surface area contributed by atoms with Gasteiger partial charge in [-0.1, -0.05) is 31.2 Å². The van der Waals surface area contributed by atoms with Crippen molar-refractivity contribution < 1.29 is 10.2 Å². The van der Waals surface area contributed by atoms with Crippen molar-refractivity contribution >= 4 is 0 Å². The molecular weight excluding hydrogens is 188 g/mol. The normalized spacial score (nSPS) is 29.9. The lowest BCUT2D eigenvalue weighted by molar-refractivity contribution is -0.0360. The number of rotatable bonds is 2. The van der Waals surface area contributed by atoms with Crippen LogP contribution >= 0.6 is 0 Å². The molecule has 82 valence electrons. The Morgan fingerprint density at radius 3 is 2.80 bits per heavy atom. The third-order valence-electron chi connectivity index (χ3n) is 3.84. The van der Waals surface area contributed by atoms with Gasteiger partial charge in [0.25, 0.3) is 0 Å². The Hall–Kier alpha value is -0.860. The van der Waals surface area contributed by atoms with E-state index < -0.39 is 6.10 Å². The zero-order valence-electron chi connectivity index (χ0n) is 9.11. The lowest BCUT2D eigenvalue weighted by Crippen LogP contribution is -2.36. The van der Waals surface area contributed by atoms with E-state index in [4.69, 9.17) is 0 Å². The van der Waals surface area contributed by atoms with Crippen LogP contribution in [0.1, 0.15) is 37.0 Å². The molecule has 0 aliphatic heterocycles. The van der Waals surface area contributed by atoms with Crippen LogP contribution in [0.2, 0.25) is 0 Å². The molecule has 0 saturated carbocycles. The van der Waals surface area contributed by atoms with Gasteiger partial charge in [-0.25, -0.2) is 0 Å². The summed E-state index contributed by atoms with van der Waals surface area (Å²) in [6.07, 6.45) is 2.14. The maximum atomic E-state index is 10.3. The van der Waals surface area contributed by atoms with Crippen LogP contribution in [-0.4, -0.2) is 16.8 Å². The van der Waals surface area contributed by atoms with Crippen molar-refractivity contribution in [2.75, 3.05) is 6.61 Å². The van der Waals surface area contributed by atoms with Crippen molar-refractivity contribution in [3.63, 3.8) is 0 Å². The zero-order chi connectivity index (χ0) is 10.9. The molecule has 1 aromatic rings. The van der Waals surface area contributed by atoms with Crippen LogP contribution in [0.5, 0.6) is 0 Å². The van der Waals surface area contributed by atoms with Crippen LogP contribution in [0, 0.1) is 5.41 Å². The lowest BCUT2D eigenvalue weighted by Gasteiger charge is -2.40. The molecular formula is C13H18O2. The highest BCUT2D eigenvalue weighted by atomic mass is 16.3.